The summed E-state index contributed by atoms with van der Waals surface area (Å²) in [6.07, 6.45) is 0.317. The van der Waals surface area contributed by atoms with Crippen molar-refractivity contribution in [2.45, 2.75) is 24.8 Å². The van der Waals surface area contributed by atoms with E-state index in [1.165, 1.54) is 11.8 Å². The van der Waals surface area contributed by atoms with Crippen molar-refractivity contribution in [2.75, 3.05) is 6.54 Å². The van der Waals surface area contributed by atoms with Gasteiger partial charge in [0.1, 0.15) is 6.23 Å². The van der Waals surface area contributed by atoms with Gasteiger partial charge in [-0.25, -0.2) is 0 Å². The number of hydrogen-bond donors (Lipinski definition) is 2. The summed E-state index contributed by atoms with van der Waals surface area (Å²) in [5, 5.41) is 12.1. The van der Waals surface area contributed by atoms with Gasteiger partial charge in [0.15, 0.2) is 0 Å². The maximum Gasteiger partial charge on any atom is 0.203 e. The van der Waals surface area contributed by atoms with Gasteiger partial charge in [-0.2, -0.15) is 0 Å². The molecule has 0 bridgehead atoms. The molecule has 0 aromatic heterocycles. The van der Waals surface area contributed by atoms with E-state index in [1.54, 1.807) is 0 Å². The molecule has 0 aromatic rings. The van der Waals surface area contributed by atoms with Crippen LogP contribution in [0.5, 0.6) is 0 Å². The van der Waals surface area contributed by atoms with Gasteiger partial charge in [-0.05, 0) is 6.42 Å². The fraction of sp³-hybridized carbons (Fsp3) is 0.833. The smallest absolute Gasteiger partial charge is 0.203 e. The summed E-state index contributed by atoms with van der Waals surface area (Å²) in [6.45, 7) is 2.25. The van der Waals surface area contributed by atoms with Crippen LogP contribution in [0, 0.1) is 0 Å². The lowest BCUT2D eigenvalue weighted by molar-refractivity contribution is -0.111. The molecule has 0 amide bonds. The van der Waals surface area contributed by atoms with Crippen molar-refractivity contribution in [3.05, 3.63) is 0 Å². The highest BCUT2D eigenvalue weighted by atomic mass is 32.2. The van der Waals surface area contributed by atoms with Crippen molar-refractivity contribution in [1.82, 2.24) is 5.32 Å². The van der Waals surface area contributed by atoms with Gasteiger partial charge in [-0.15, -0.1) is 0 Å². The normalized spacial score (nSPS) is 34.4. The molecule has 0 radical (unpaired) electrons. The average Bonchev–Trinajstić information content (AvgIpc) is 1.94. The largest absolute Gasteiger partial charge is 0.377 e. The summed E-state index contributed by atoms with van der Waals surface area (Å²) in [5.41, 5.74) is 0. The Bertz CT molecular complexity index is 140. The Morgan fingerprint density at radius 3 is 3.10 bits per heavy atom. The minimum atomic E-state index is -0.507. The van der Waals surface area contributed by atoms with Gasteiger partial charge in [0.25, 0.3) is 0 Å². The third-order valence-electron chi connectivity index (χ3n) is 1.49. The summed E-state index contributed by atoms with van der Waals surface area (Å²) in [4.78, 5) is 10.8. The first-order valence-corrected chi connectivity index (χ1v) is 4.23. The molecule has 2 atom stereocenters. The monoisotopic (exact) mass is 161 g/mol. The number of aliphatic hydroxyl groups is 1. The number of thioether (sulfide) groups is 1. The molecule has 4 heteroatoms. The number of carbonyl (C=O) groups is 1. The molecule has 10 heavy (non-hydrogen) atoms. The van der Waals surface area contributed by atoms with Gasteiger partial charge in [-0.3, -0.25) is 10.1 Å². The van der Waals surface area contributed by atoms with Gasteiger partial charge in [0, 0.05) is 0 Å². The summed E-state index contributed by atoms with van der Waals surface area (Å²) < 4.78 is 0. The van der Waals surface area contributed by atoms with Crippen molar-refractivity contribution in [3.63, 3.8) is 0 Å². The van der Waals surface area contributed by atoms with Gasteiger partial charge < -0.3 is 5.11 Å². The highest BCUT2D eigenvalue weighted by molar-refractivity contribution is 8.14. The quantitative estimate of drug-likeness (QED) is 0.566. The second-order valence-corrected chi connectivity index (χ2v) is 3.56. The van der Waals surface area contributed by atoms with E-state index in [0.29, 0.717) is 6.54 Å². The van der Waals surface area contributed by atoms with E-state index in [9.17, 15) is 9.90 Å². The first kappa shape index (κ1) is 8.04. The van der Waals surface area contributed by atoms with Crippen LogP contribution >= 0.6 is 11.8 Å². The van der Waals surface area contributed by atoms with E-state index in [4.69, 9.17) is 0 Å². The van der Waals surface area contributed by atoms with E-state index < -0.39 is 6.23 Å². The Labute approximate surface area is 64.2 Å². The molecule has 1 heterocycles. The molecule has 2 unspecified atom stereocenters. The second-order valence-electron chi connectivity index (χ2n) is 2.26. The lowest BCUT2D eigenvalue weighted by Gasteiger charge is -2.25. The molecule has 2 N–H and O–H groups in total. The zero-order valence-electron chi connectivity index (χ0n) is 5.83. The minimum absolute atomic E-state index is 0.0428. The summed E-state index contributed by atoms with van der Waals surface area (Å²) >= 11 is 1.24. The third-order valence-corrected chi connectivity index (χ3v) is 2.79. The Morgan fingerprint density at radius 2 is 2.60 bits per heavy atom. The van der Waals surface area contributed by atoms with E-state index in [2.05, 4.69) is 5.32 Å². The molecule has 1 rings (SSSR count). The fourth-order valence-electron chi connectivity index (χ4n) is 0.901. The summed E-state index contributed by atoms with van der Waals surface area (Å²) in [6, 6.07) is 0. The first-order valence-electron chi connectivity index (χ1n) is 3.35. The predicted octanol–water partition coefficient (Wildman–Crippen LogP) is -0.0536. The maximum atomic E-state index is 10.8. The van der Waals surface area contributed by atoms with Crippen LogP contribution in [0.4, 0.5) is 0 Å². The third kappa shape index (κ3) is 1.71. The Balaban J connectivity index is 2.45. The van der Waals surface area contributed by atoms with Crippen molar-refractivity contribution < 1.29 is 9.90 Å². The molecule has 58 valence electrons. The topological polar surface area (TPSA) is 49.3 Å². The molecular formula is C6H11NO2S. The van der Waals surface area contributed by atoms with Crippen molar-refractivity contribution in [2.24, 2.45) is 0 Å². The standard InChI is InChI=1S/C6H11NO2S/c1-2-4-6(9)7-3-5(8)10-4/h4,6-7,9H,2-3H2,1H3. The number of aliphatic hydroxyl groups excluding tert-OH is 1. The van der Waals surface area contributed by atoms with Crippen LogP contribution in [-0.2, 0) is 4.79 Å². The molecule has 3 nitrogen and oxygen atoms in total. The Morgan fingerprint density at radius 1 is 1.90 bits per heavy atom. The molecule has 0 spiro atoms. The SMILES string of the molecule is CCC1SC(=O)CNC1O. The molecule has 1 aliphatic rings. The summed E-state index contributed by atoms with van der Waals surface area (Å²) in [7, 11) is 0. The summed E-state index contributed by atoms with van der Waals surface area (Å²) in [5.74, 6) is 0. The minimum Gasteiger partial charge on any atom is -0.377 e. The first-order chi connectivity index (χ1) is 4.74. The van der Waals surface area contributed by atoms with E-state index in [1.807, 2.05) is 6.92 Å². The van der Waals surface area contributed by atoms with Crippen LogP contribution in [-0.4, -0.2) is 28.2 Å². The van der Waals surface area contributed by atoms with Crippen LogP contribution in [0.1, 0.15) is 13.3 Å². The molecule has 0 saturated carbocycles. The lowest BCUT2D eigenvalue weighted by Crippen LogP contribution is -2.45. The van der Waals surface area contributed by atoms with Crippen LogP contribution in [0.25, 0.3) is 0 Å². The van der Waals surface area contributed by atoms with Crippen LogP contribution in [0.15, 0.2) is 0 Å². The average molecular weight is 161 g/mol. The predicted molar refractivity (Wildman–Crippen MR) is 40.7 cm³/mol. The number of rotatable bonds is 1. The van der Waals surface area contributed by atoms with Gasteiger partial charge in [0.2, 0.25) is 5.12 Å². The van der Waals surface area contributed by atoms with Gasteiger partial charge in [0.05, 0.1) is 11.8 Å². The zero-order valence-corrected chi connectivity index (χ0v) is 6.65. The van der Waals surface area contributed by atoms with E-state index in [-0.39, 0.29) is 10.4 Å². The van der Waals surface area contributed by atoms with Crippen LogP contribution in [0.3, 0.4) is 0 Å². The number of carbonyl (C=O) groups excluding carboxylic acids is 1. The highest BCUT2D eigenvalue weighted by Crippen LogP contribution is 2.21. The molecular weight excluding hydrogens is 150 g/mol. The fourth-order valence-corrected chi connectivity index (χ4v) is 1.80. The van der Waals surface area contributed by atoms with Crippen molar-refractivity contribution >= 4 is 16.9 Å². The lowest BCUT2D eigenvalue weighted by atomic mass is 10.3. The van der Waals surface area contributed by atoms with Crippen molar-refractivity contribution in [1.29, 1.82) is 0 Å². The Kier molecular flexibility index (Phi) is 2.71. The van der Waals surface area contributed by atoms with E-state index >= 15 is 0 Å². The molecule has 1 saturated heterocycles. The van der Waals surface area contributed by atoms with E-state index in [0.717, 1.165) is 6.42 Å². The maximum absolute atomic E-state index is 10.8. The molecule has 0 aliphatic carbocycles. The van der Waals surface area contributed by atoms with Crippen LogP contribution in [0.2, 0.25) is 0 Å². The second kappa shape index (κ2) is 3.37. The van der Waals surface area contributed by atoms with Crippen LogP contribution < -0.4 is 5.32 Å². The van der Waals surface area contributed by atoms with Crippen molar-refractivity contribution in [3.8, 4) is 0 Å². The molecule has 1 fully saturated rings. The number of hydrogen-bond acceptors (Lipinski definition) is 4. The van der Waals surface area contributed by atoms with Gasteiger partial charge in [-0.1, -0.05) is 18.7 Å². The molecule has 0 aromatic carbocycles. The highest BCUT2D eigenvalue weighted by Gasteiger charge is 2.25. The molecule has 1 aliphatic heterocycles. The Hall–Kier alpha value is -0.0600. The number of nitrogens with one attached hydrogen (secondary N) is 1. The zero-order chi connectivity index (χ0) is 7.56. The van der Waals surface area contributed by atoms with Gasteiger partial charge >= 0.3 is 0 Å².